The molecule has 0 saturated heterocycles. The first-order valence-electron chi connectivity index (χ1n) is 6.29. The Morgan fingerprint density at radius 2 is 1.85 bits per heavy atom. The van der Waals surface area contributed by atoms with Gasteiger partial charge in [0.2, 0.25) is 5.91 Å². The number of nitrogens with one attached hydrogen (secondary N) is 1. The number of benzene rings is 1. The van der Waals surface area contributed by atoms with E-state index in [9.17, 15) is 9.59 Å². The molecule has 0 aliphatic carbocycles. The maximum Gasteiger partial charge on any atom is 0.326 e. The molecule has 20 heavy (non-hydrogen) atoms. The van der Waals surface area contributed by atoms with Crippen LogP contribution < -0.4 is 10.1 Å². The number of methoxy groups -OCH3 is 1. The van der Waals surface area contributed by atoms with Crippen molar-refractivity contribution in [2.75, 3.05) is 7.11 Å². The molecular formula is C15H19NO4. The van der Waals surface area contributed by atoms with Crippen LogP contribution in [-0.2, 0) is 9.59 Å². The molecule has 108 valence electrons. The molecule has 0 bridgehead atoms. The summed E-state index contributed by atoms with van der Waals surface area (Å²) in [4.78, 5) is 22.6. The van der Waals surface area contributed by atoms with Crippen molar-refractivity contribution < 1.29 is 19.4 Å². The first kappa shape index (κ1) is 15.8. The highest BCUT2D eigenvalue weighted by atomic mass is 16.5. The van der Waals surface area contributed by atoms with Crippen LogP contribution in [0.5, 0.6) is 5.75 Å². The Kier molecular flexibility index (Phi) is 5.77. The number of ether oxygens (including phenoxy) is 1. The molecule has 0 aliphatic rings. The average Bonchev–Trinajstić information content (AvgIpc) is 2.42. The lowest BCUT2D eigenvalue weighted by Gasteiger charge is -2.16. The van der Waals surface area contributed by atoms with E-state index in [0.717, 1.165) is 11.3 Å². The number of aliphatic carboxylic acids is 1. The lowest BCUT2D eigenvalue weighted by atomic mass is 10.0. The Hall–Kier alpha value is -2.30. The van der Waals surface area contributed by atoms with Gasteiger partial charge < -0.3 is 15.2 Å². The predicted molar refractivity (Wildman–Crippen MR) is 76.4 cm³/mol. The molecule has 1 atom stereocenters. The number of carboxylic acid groups (broad SMARTS) is 1. The van der Waals surface area contributed by atoms with Crippen LogP contribution in [0.3, 0.4) is 0 Å². The van der Waals surface area contributed by atoms with Crippen molar-refractivity contribution >= 4 is 18.0 Å². The van der Waals surface area contributed by atoms with Crippen molar-refractivity contribution in [1.82, 2.24) is 5.32 Å². The highest BCUT2D eigenvalue weighted by Gasteiger charge is 2.22. The summed E-state index contributed by atoms with van der Waals surface area (Å²) >= 11 is 0. The molecule has 0 radical (unpaired) electrons. The van der Waals surface area contributed by atoms with E-state index in [4.69, 9.17) is 9.84 Å². The SMILES string of the molecule is COc1ccc(C=CC(=O)N[C@H](C(=O)O)C(C)C)cc1. The van der Waals surface area contributed by atoms with Gasteiger partial charge in [-0.1, -0.05) is 26.0 Å². The minimum absolute atomic E-state index is 0.175. The Balaban J connectivity index is 2.64. The number of hydrogen-bond acceptors (Lipinski definition) is 3. The smallest absolute Gasteiger partial charge is 0.326 e. The molecule has 5 nitrogen and oxygen atoms in total. The zero-order valence-corrected chi connectivity index (χ0v) is 11.8. The van der Waals surface area contributed by atoms with Gasteiger partial charge in [0.25, 0.3) is 0 Å². The molecule has 0 fully saturated rings. The lowest BCUT2D eigenvalue weighted by Crippen LogP contribution is -2.43. The Bertz CT molecular complexity index is 491. The van der Waals surface area contributed by atoms with Gasteiger partial charge in [0.15, 0.2) is 0 Å². The van der Waals surface area contributed by atoms with Gasteiger partial charge in [-0.2, -0.15) is 0 Å². The van der Waals surface area contributed by atoms with E-state index in [-0.39, 0.29) is 5.92 Å². The predicted octanol–water partition coefficient (Wildman–Crippen LogP) is 1.93. The second-order valence-corrected chi connectivity index (χ2v) is 4.68. The van der Waals surface area contributed by atoms with E-state index in [2.05, 4.69) is 5.32 Å². The van der Waals surface area contributed by atoms with Gasteiger partial charge in [0, 0.05) is 6.08 Å². The molecule has 0 heterocycles. The molecule has 1 aromatic carbocycles. The van der Waals surface area contributed by atoms with E-state index in [1.165, 1.54) is 6.08 Å². The van der Waals surface area contributed by atoms with E-state index in [1.54, 1.807) is 51.3 Å². The Morgan fingerprint density at radius 1 is 1.25 bits per heavy atom. The topological polar surface area (TPSA) is 75.6 Å². The van der Waals surface area contributed by atoms with Crippen LogP contribution in [0.1, 0.15) is 19.4 Å². The van der Waals surface area contributed by atoms with E-state index < -0.39 is 17.9 Å². The fraction of sp³-hybridized carbons (Fsp3) is 0.333. The Labute approximate surface area is 118 Å². The molecule has 1 amide bonds. The third kappa shape index (κ3) is 4.76. The third-order valence-corrected chi connectivity index (χ3v) is 2.77. The highest BCUT2D eigenvalue weighted by Crippen LogP contribution is 2.12. The number of rotatable bonds is 6. The second-order valence-electron chi connectivity index (χ2n) is 4.68. The number of amides is 1. The van der Waals surface area contributed by atoms with Crippen molar-refractivity contribution in [3.63, 3.8) is 0 Å². The fourth-order valence-electron chi connectivity index (χ4n) is 1.60. The van der Waals surface area contributed by atoms with Crippen LogP contribution in [-0.4, -0.2) is 30.1 Å². The summed E-state index contributed by atoms with van der Waals surface area (Å²) in [6, 6.07) is 6.29. The van der Waals surface area contributed by atoms with Gasteiger partial charge in [-0.25, -0.2) is 4.79 Å². The summed E-state index contributed by atoms with van der Waals surface area (Å²) < 4.78 is 5.03. The molecule has 0 aromatic heterocycles. The van der Waals surface area contributed by atoms with Gasteiger partial charge in [0.05, 0.1) is 7.11 Å². The number of hydrogen-bond donors (Lipinski definition) is 2. The van der Waals surface area contributed by atoms with Crippen molar-refractivity contribution in [3.05, 3.63) is 35.9 Å². The van der Waals surface area contributed by atoms with Crippen molar-refractivity contribution in [3.8, 4) is 5.75 Å². The maximum absolute atomic E-state index is 11.7. The third-order valence-electron chi connectivity index (χ3n) is 2.77. The van der Waals surface area contributed by atoms with Crippen LogP contribution in [0.4, 0.5) is 0 Å². The van der Waals surface area contributed by atoms with Crippen LogP contribution in [0.25, 0.3) is 6.08 Å². The largest absolute Gasteiger partial charge is 0.497 e. The molecule has 5 heteroatoms. The van der Waals surface area contributed by atoms with E-state index in [0.29, 0.717) is 0 Å². The molecule has 0 aliphatic heterocycles. The summed E-state index contributed by atoms with van der Waals surface area (Å²) in [7, 11) is 1.58. The van der Waals surface area contributed by atoms with Crippen LogP contribution in [0.15, 0.2) is 30.3 Å². The highest BCUT2D eigenvalue weighted by molar-refractivity contribution is 5.94. The first-order chi connectivity index (χ1) is 9.43. The Morgan fingerprint density at radius 3 is 2.30 bits per heavy atom. The van der Waals surface area contributed by atoms with Gasteiger partial charge >= 0.3 is 5.97 Å². The summed E-state index contributed by atoms with van der Waals surface area (Å²) in [6.45, 7) is 3.48. The van der Waals surface area contributed by atoms with Gasteiger partial charge in [-0.3, -0.25) is 4.79 Å². The van der Waals surface area contributed by atoms with Gasteiger partial charge in [-0.05, 0) is 29.7 Å². The minimum Gasteiger partial charge on any atom is -0.497 e. The monoisotopic (exact) mass is 277 g/mol. The van der Waals surface area contributed by atoms with E-state index in [1.807, 2.05) is 0 Å². The summed E-state index contributed by atoms with van der Waals surface area (Å²) in [5, 5.41) is 11.4. The summed E-state index contributed by atoms with van der Waals surface area (Å²) in [5.74, 6) is -0.906. The normalized spacial score (nSPS) is 12.4. The van der Waals surface area contributed by atoms with Crippen molar-refractivity contribution in [2.45, 2.75) is 19.9 Å². The summed E-state index contributed by atoms with van der Waals surface area (Å²) in [6.07, 6.45) is 2.94. The van der Waals surface area contributed by atoms with Crippen LogP contribution >= 0.6 is 0 Å². The van der Waals surface area contributed by atoms with E-state index >= 15 is 0 Å². The maximum atomic E-state index is 11.7. The standard InChI is InChI=1S/C15H19NO4/c1-10(2)14(15(18)19)16-13(17)9-6-11-4-7-12(20-3)8-5-11/h4-10,14H,1-3H3,(H,16,17)(H,18,19)/t14-/m0/s1. The molecule has 1 aromatic rings. The molecule has 1 rings (SSSR count). The molecule has 0 unspecified atom stereocenters. The van der Waals surface area contributed by atoms with Crippen LogP contribution in [0, 0.1) is 5.92 Å². The van der Waals surface area contributed by atoms with Gasteiger partial charge in [0.1, 0.15) is 11.8 Å². The van der Waals surface area contributed by atoms with Crippen molar-refractivity contribution in [2.24, 2.45) is 5.92 Å². The molecular weight excluding hydrogens is 258 g/mol. The molecule has 2 N–H and O–H groups in total. The second kappa shape index (κ2) is 7.33. The molecule has 0 spiro atoms. The number of carboxylic acids is 1. The quantitative estimate of drug-likeness (QED) is 0.779. The zero-order valence-electron chi connectivity index (χ0n) is 11.8. The zero-order chi connectivity index (χ0) is 15.1. The first-order valence-corrected chi connectivity index (χ1v) is 6.29. The number of carbonyl (C=O) groups excluding carboxylic acids is 1. The number of carbonyl (C=O) groups is 2. The lowest BCUT2D eigenvalue weighted by molar-refractivity contribution is -0.142. The minimum atomic E-state index is -1.04. The average molecular weight is 277 g/mol. The molecule has 0 saturated carbocycles. The van der Waals surface area contributed by atoms with Gasteiger partial charge in [-0.15, -0.1) is 0 Å². The summed E-state index contributed by atoms with van der Waals surface area (Å²) in [5.41, 5.74) is 0.831. The fourth-order valence-corrected chi connectivity index (χ4v) is 1.60. The van der Waals surface area contributed by atoms with Crippen LogP contribution in [0.2, 0.25) is 0 Å². The van der Waals surface area contributed by atoms with Crippen molar-refractivity contribution in [1.29, 1.82) is 0 Å².